The molecular weight excluding hydrogens is 922 g/mol. The Kier molecular flexibility index (Phi) is 16.6. The lowest BCUT2D eigenvalue weighted by Crippen LogP contribution is -2.45. The van der Waals surface area contributed by atoms with E-state index in [0.717, 1.165) is 73.3 Å². The molecule has 0 radical (unpaired) electrons. The molecule has 1 amide bonds. The molecule has 2 heterocycles. The predicted molar refractivity (Wildman–Crippen MR) is 273 cm³/mol. The Morgan fingerprint density at radius 3 is 2.22 bits per heavy atom. The summed E-state index contributed by atoms with van der Waals surface area (Å²) in [5.74, 6) is 0.0585. The molecule has 2 atom stereocenters. The Bertz CT molecular complexity index is 2570. The number of morpholine rings is 1. The van der Waals surface area contributed by atoms with Crippen molar-refractivity contribution in [3.05, 3.63) is 148 Å². The quantitative estimate of drug-likeness (QED) is 0.0375. The summed E-state index contributed by atoms with van der Waals surface area (Å²) in [6, 6.07) is 36.8. The largest absolute Gasteiger partial charge is 0.410 e. The highest BCUT2D eigenvalue weighted by Crippen LogP contribution is 2.46. The first-order valence-electron chi connectivity index (χ1n) is 23.0. The second-order valence-corrected chi connectivity index (χ2v) is 26.8. The van der Waals surface area contributed by atoms with Gasteiger partial charge in [0.15, 0.2) is 8.32 Å². The standard InChI is InChI=1S/C51H62ClN5O7S2Si/c1-51(2,3)67(4,5)64-49(46-14-10-9-13-45(46)37-15-19-40(52)20-16-37)38-25-29-56(30-26-38)42-21-17-39(18-22-42)50(58)54-66(61,62)44-23-24-47(48(35-44)57(59)60)53-41(27-28-55-31-33-63-34-32-55)36-65-43-11-7-6-8-12-43/h6-24,35,38,41,49,53H,25-34,36H2,1-5H3,(H,54,58). The average molecular weight is 985 g/mol. The van der Waals surface area contributed by atoms with Crippen LogP contribution in [0.5, 0.6) is 0 Å². The van der Waals surface area contributed by atoms with Gasteiger partial charge in [0.25, 0.3) is 21.6 Å². The number of nitrogens with one attached hydrogen (secondary N) is 2. The fourth-order valence-corrected chi connectivity index (χ4v) is 11.7. The molecule has 2 aliphatic heterocycles. The van der Waals surface area contributed by atoms with Crippen LogP contribution in [0.25, 0.3) is 11.1 Å². The molecule has 2 aliphatic rings. The second kappa shape index (κ2) is 22.1. The van der Waals surface area contributed by atoms with Crippen LogP contribution in [0.15, 0.2) is 131 Å². The molecule has 16 heteroatoms. The number of anilines is 2. The van der Waals surface area contributed by atoms with Gasteiger partial charge in [0, 0.05) is 71.8 Å². The molecule has 0 bridgehead atoms. The number of nitrogens with zero attached hydrogens (tertiary/aromatic N) is 3. The number of ether oxygens (including phenoxy) is 1. The zero-order valence-electron chi connectivity index (χ0n) is 39.0. The van der Waals surface area contributed by atoms with Gasteiger partial charge in [-0.05, 0) is 121 Å². The van der Waals surface area contributed by atoms with Gasteiger partial charge in [-0.3, -0.25) is 19.8 Å². The van der Waals surface area contributed by atoms with Crippen molar-refractivity contribution in [1.29, 1.82) is 0 Å². The van der Waals surface area contributed by atoms with E-state index in [-0.39, 0.29) is 39.2 Å². The molecule has 2 unspecified atom stereocenters. The molecule has 0 aliphatic carbocycles. The van der Waals surface area contributed by atoms with Gasteiger partial charge in [-0.2, -0.15) is 0 Å². The minimum absolute atomic E-state index is 0.0180. The van der Waals surface area contributed by atoms with E-state index in [2.05, 4.69) is 90.1 Å². The number of thioether (sulfide) groups is 1. The highest BCUT2D eigenvalue weighted by atomic mass is 35.5. The molecule has 2 N–H and O–H groups in total. The van der Waals surface area contributed by atoms with Crippen molar-refractivity contribution in [3.63, 3.8) is 0 Å². The third kappa shape index (κ3) is 13.1. The molecule has 5 aromatic carbocycles. The van der Waals surface area contributed by atoms with Crippen LogP contribution >= 0.6 is 23.4 Å². The van der Waals surface area contributed by atoms with Crippen LogP contribution < -0.4 is 14.9 Å². The number of nitro groups is 1. The van der Waals surface area contributed by atoms with Crippen molar-refractivity contribution >= 4 is 64.7 Å². The number of carbonyl (C=O) groups excluding carboxylic acids is 1. The molecule has 7 rings (SSSR count). The highest BCUT2D eigenvalue weighted by Gasteiger charge is 2.42. The maximum Gasteiger partial charge on any atom is 0.293 e. The van der Waals surface area contributed by atoms with Crippen molar-refractivity contribution in [2.24, 2.45) is 5.92 Å². The van der Waals surface area contributed by atoms with Crippen LogP contribution in [-0.2, 0) is 19.2 Å². The number of benzene rings is 5. The Morgan fingerprint density at radius 1 is 0.910 bits per heavy atom. The number of sulfonamides is 1. The summed E-state index contributed by atoms with van der Waals surface area (Å²) in [7, 11) is -6.67. The van der Waals surface area contributed by atoms with Gasteiger partial charge in [-0.25, -0.2) is 13.1 Å². The summed E-state index contributed by atoms with van der Waals surface area (Å²) in [6.45, 7) is 16.7. The summed E-state index contributed by atoms with van der Waals surface area (Å²) in [4.78, 5) is 30.5. The van der Waals surface area contributed by atoms with Crippen molar-refractivity contribution < 1.29 is 27.3 Å². The third-order valence-corrected chi connectivity index (χ3v) is 20.5. The van der Waals surface area contributed by atoms with Crippen molar-refractivity contribution in [2.75, 3.05) is 61.9 Å². The molecule has 0 aromatic heterocycles. The van der Waals surface area contributed by atoms with Crippen molar-refractivity contribution in [3.8, 4) is 11.1 Å². The van der Waals surface area contributed by atoms with E-state index in [1.165, 1.54) is 17.7 Å². The van der Waals surface area contributed by atoms with E-state index in [9.17, 15) is 23.3 Å². The van der Waals surface area contributed by atoms with E-state index in [1.807, 2.05) is 54.6 Å². The van der Waals surface area contributed by atoms with Gasteiger partial charge in [-0.15, -0.1) is 11.8 Å². The van der Waals surface area contributed by atoms with Gasteiger partial charge >= 0.3 is 0 Å². The number of halogens is 1. The zero-order valence-corrected chi connectivity index (χ0v) is 42.3. The number of carbonyl (C=O) groups is 1. The summed E-state index contributed by atoms with van der Waals surface area (Å²) < 4.78 is 42.2. The second-order valence-electron chi connectivity index (χ2n) is 18.8. The van der Waals surface area contributed by atoms with Crippen molar-refractivity contribution in [2.45, 2.75) is 80.1 Å². The lowest BCUT2D eigenvalue weighted by atomic mass is 9.84. The van der Waals surface area contributed by atoms with Gasteiger partial charge in [0.1, 0.15) is 5.69 Å². The Labute approximate surface area is 406 Å². The Balaban J connectivity index is 1.01. The first kappa shape index (κ1) is 50.1. The molecule has 0 spiro atoms. The lowest BCUT2D eigenvalue weighted by Gasteiger charge is -2.44. The summed E-state index contributed by atoms with van der Waals surface area (Å²) in [5, 5.41) is 16.5. The van der Waals surface area contributed by atoms with Crippen LogP contribution in [0.2, 0.25) is 23.2 Å². The SMILES string of the molecule is CC(C)(C)[Si](C)(C)OC(c1ccccc1-c1ccc(Cl)cc1)C1CCN(c2ccc(C(=O)NS(=O)(=O)c3ccc(NC(CCN4CCOCC4)CSc4ccccc4)c([N+](=O)[O-])c3)cc2)CC1. The maximum atomic E-state index is 13.6. The molecule has 356 valence electrons. The van der Waals surface area contributed by atoms with E-state index in [1.54, 1.807) is 23.9 Å². The summed E-state index contributed by atoms with van der Waals surface area (Å²) >= 11 is 7.92. The highest BCUT2D eigenvalue weighted by molar-refractivity contribution is 7.99. The van der Waals surface area contributed by atoms with Crippen LogP contribution in [0.3, 0.4) is 0 Å². The average Bonchev–Trinajstić information content (AvgIpc) is 3.32. The monoisotopic (exact) mass is 983 g/mol. The lowest BCUT2D eigenvalue weighted by molar-refractivity contribution is -0.384. The zero-order chi connectivity index (χ0) is 47.8. The fraction of sp³-hybridized carbons (Fsp3) is 0.392. The van der Waals surface area contributed by atoms with E-state index in [4.69, 9.17) is 20.8 Å². The molecule has 2 fully saturated rings. The number of rotatable bonds is 18. The Morgan fingerprint density at radius 2 is 1.57 bits per heavy atom. The number of amides is 1. The van der Waals surface area contributed by atoms with Gasteiger partial charge < -0.3 is 19.4 Å². The molecule has 2 saturated heterocycles. The first-order chi connectivity index (χ1) is 32.0. The summed E-state index contributed by atoms with van der Waals surface area (Å²) in [5.41, 5.74) is 4.30. The molecule has 5 aromatic rings. The number of nitro benzene ring substituents is 1. The smallest absolute Gasteiger partial charge is 0.293 e. The van der Waals surface area contributed by atoms with Gasteiger partial charge in [0.2, 0.25) is 0 Å². The molecular formula is C51H62ClN5O7S2Si. The minimum Gasteiger partial charge on any atom is -0.410 e. The van der Waals surface area contributed by atoms with Crippen LogP contribution in [0, 0.1) is 16.0 Å². The van der Waals surface area contributed by atoms with E-state index in [0.29, 0.717) is 30.4 Å². The molecule has 0 saturated carbocycles. The maximum absolute atomic E-state index is 13.6. The van der Waals surface area contributed by atoms with Crippen molar-refractivity contribution in [1.82, 2.24) is 9.62 Å². The predicted octanol–water partition coefficient (Wildman–Crippen LogP) is 11.3. The molecule has 12 nitrogen and oxygen atoms in total. The summed E-state index contributed by atoms with van der Waals surface area (Å²) in [6.07, 6.45) is 2.37. The van der Waals surface area contributed by atoms with Crippen LogP contribution in [0.1, 0.15) is 62.1 Å². The topological polar surface area (TPSA) is 143 Å². The third-order valence-electron chi connectivity index (χ3n) is 13.3. The van der Waals surface area contributed by atoms with E-state index >= 15 is 0 Å². The normalized spacial score (nSPS) is 16.3. The first-order valence-corrected chi connectivity index (χ1v) is 28.7. The number of hydrogen-bond donors (Lipinski definition) is 2. The number of piperidine rings is 1. The van der Waals surface area contributed by atoms with E-state index < -0.39 is 34.9 Å². The Hall–Kier alpha value is -4.74. The fourth-order valence-electron chi connectivity index (χ4n) is 8.31. The minimum atomic E-state index is -4.47. The van der Waals surface area contributed by atoms with Gasteiger partial charge in [0.05, 0.1) is 29.1 Å². The van der Waals surface area contributed by atoms with Gasteiger partial charge in [-0.1, -0.05) is 87.0 Å². The van der Waals surface area contributed by atoms with Crippen LogP contribution in [0.4, 0.5) is 17.1 Å². The number of hydrogen-bond acceptors (Lipinski definition) is 11. The molecule has 67 heavy (non-hydrogen) atoms. The van der Waals surface area contributed by atoms with Crippen LogP contribution in [-0.4, -0.2) is 90.2 Å².